The van der Waals surface area contributed by atoms with Gasteiger partial charge in [-0.2, -0.15) is 13.2 Å². The highest BCUT2D eigenvalue weighted by Crippen LogP contribution is 2.37. The van der Waals surface area contributed by atoms with Crippen LogP contribution in [0.3, 0.4) is 0 Å². The van der Waals surface area contributed by atoms with Crippen LogP contribution >= 0.6 is 23.2 Å². The Morgan fingerprint density at radius 3 is 1.99 bits per heavy atom. The van der Waals surface area contributed by atoms with E-state index in [0.29, 0.717) is 41.2 Å². The van der Waals surface area contributed by atoms with Gasteiger partial charge in [0.05, 0.1) is 60.4 Å². The summed E-state index contributed by atoms with van der Waals surface area (Å²) in [6.45, 7) is 6.46. The number of alkyl halides is 3. The second kappa shape index (κ2) is 24.5. The summed E-state index contributed by atoms with van der Waals surface area (Å²) in [5, 5.41) is 10.9. The third-order valence-electron chi connectivity index (χ3n) is 12.4. The minimum absolute atomic E-state index is 0.0371. The molecule has 0 radical (unpaired) electrons. The van der Waals surface area contributed by atoms with E-state index in [4.69, 9.17) is 28.9 Å². The molecular weight excluding hydrogens is 1050 g/mol. The SMILES string of the molecule is CC(NC(=O)Nc1ccc(S(=O)(=O)Cc2cc3c(c(C(F)(F)F)c2)CNCC3)cc1F)c1cccc(Cl)c1Cl.CCCc1cc(CS(=O)(=O)c2ccc(NC(=O)N(C)C(C)c3ccccc3)c(F)c2)ccc1CN. The Balaban J connectivity index is 0.000000242. The van der Waals surface area contributed by atoms with Crippen LogP contribution in [0.1, 0.15) is 89.3 Å². The van der Waals surface area contributed by atoms with Gasteiger partial charge >= 0.3 is 18.2 Å². The van der Waals surface area contributed by atoms with Crippen LogP contribution in [-0.2, 0) is 63.3 Å². The summed E-state index contributed by atoms with van der Waals surface area (Å²) >= 11 is 12.2. The van der Waals surface area contributed by atoms with Crippen LogP contribution in [0.2, 0.25) is 10.0 Å². The minimum Gasteiger partial charge on any atom is -0.331 e. The van der Waals surface area contributed by atoms with Gasteiger partial charge in [0.1, 0.15) is 11.6 Å². The number of fused-ring (bicyclic) bond motifs is 1. The molecule has 6 N–H and O–H groups in total. The molecule has 1 heterocycles. The number of hydrogen-bond acceptors (Lipinski definition) is 8. The molecule has 4 amide bonds. The van der Waals surface area contributed by atoms with E-state index in [-0.39, 0.29) is 50.8 Å². The van der Waals surface area contributed by atoms with E-state index in [1.807, 2.05) is 56.3 Å². The summed E-state index contributed by atoms with van der Waals surface area (Å²) in [4.78, 5) is 26.0. The van der Waals surface area contributed by atoms with E-state index in [0.717, 1.165) is 59.9 Å². The first-order chi connectivity index (χ1) is 34.9. The van der Waals surface area contributed by atoms with E-state index in [9.17, 15) is 48.4 Å². The molecule has 1 aliphatic rings. The first-order valence-corrected chi connectivity index (χ1v) is 27.4. The maximum atomic E-state index is 14.8. The van der Waals surface area contributed by atoms with E-state index >= 15 is 0 Å². The van der Waals surface area contributed by atoms with Crippen LogP contribution in [0.5, 0.6) is 0 Å². The van der Waals surface area contributed by atoms with Crippen molar-refractivity contribution in [3.05, 3.63) is 187 Å². The number of anilines is 2. The van der Waals surface area contributed by atoms with E-state index < -0.39 is 71.8 Å². The predicted molar refractivity (Wildman–Crippen MR) is 278 cm³/mol. The average Bonchev–Trinajstić information content (AvgIpc) is 3.35. The maximum Gasteiger partial charge on any atom is 0.416 e. The lowest BCUT2D eigenvalue weighted by Gasteiger charge is -2.25. The van der Waals surface area contributed by atoms with Crippen LogP contribution in [0.25, 0.3) is 0 Å². The van der Waals surface area contributed by atoms with Crippen molar-refractivity contribution in [2.24, 2.45) is 5.73 Å². The number of nitrogens with one attached hydrogen (secondary N) is 4. The van der Waals surface area contributed by atoms with Crippen molar-refractivity contribution in [1.29, 1.82) is 0 Å². The average molecular weight is 1100 g/mol. The molecule has 74 heavy (non-hydrogen) atoms. The maximum absolute atomic E-state index is 14.8. The number of carbonyl (C=O) groups excluding carboxylic acids is 2. The van der Waals surface area contributed by atoms with Crippen LogP contribution < -0.4 is 27.0 Å². The summed E-state index contributed by atoms with van der Waals surface area (Å²) in [5.74, 6) is -2.85. The van der Waals surface area contributed by atoms with E-state index in [1.54, 1.807) is 38.2 Å². The zero-order valence-corrected chi connectivity index (χ0v) is 43.9. The molecule has 0 fully saturated rings. The van der Waals surface area contributed by atoms with Crippen molar-refractivity contribution in [3.63, 3.8) is 0 Å². The lowest BCUT2D eigenvalue weighted by molar-refractivity contribution is -0.138. The van der Waals surface area contributed by atoms with Crippen LogP contribution in [0.4, 0.5) is 42.9 Å². The molecule has 0 bridgehead atoms. The van der Waals surface area contributed by atoms with Gasteiger partial charge in [-0.1, -0.05) is 103 Å². The molecule has 7 rings (SSSR count). The highest BCUT2D eigenvalue weighted by molar-refractivity contribution is 7.91. The van der Waals surface area contributed by atoms with Crippen molar-refractivity contribution in [2.75, 3.05) is 24.2 Å². The van der Waals surface area contributed by atoms with Crippen LogP contribution in [0.15, 0.2) is 125 Å². The second-order valence-electron chi connectivity index (χ2n) is 17.7. The largest absolute Gasteiger partial charge is 0.416 e. The number of hydrogen-bond donors (Lipinski definition) is 5. The third kappa shape index (κ3) is 14.4. The van der Waals surface area contributed by atoms with Gasteiger partial charge in [-0.3, -0.25) is 0 Å². The number of amides is 4. The van der Waals surface area contributed by atoms with Gasteiger partial charge in [-0.05, 0) is 126 Å². The Kier molecular flexibility index (Phi) is 18.9. The molecule has 2 unspecified atom stereocenters. The topological polar surface area (TPSA) is 180 Å². The molecular formula is C53H55Cl2F5N6O6S2. The van der Waals surface area contributed by atoms with Gasteiger partial charge in [0.2, 0.25) is 0 Å². The number of carbonyl (C=O) groups is 2. The summed E-state index contributed by atoms with van der Waals surface area (Å²) < 4.78 is 123. The molecule has 1 aliphatic heterocycles. The van der Waals surface area contributed by atoms with Gasteiger partial charge in [0.25, 0.3) is 0 Å². The highest BCUT2D eigenvalue weighted by Gasteiger charge is 2.36. The smallest absolute Gasteiger partial charge is 0.331 e. The summed E-state index contributed by atoms with van der Waals surface area (Å²) in [6, 6.07) is 26.4. The molecule has 0 saturated heterocycles. The first kappa shape index (κ1) is 57.2. The van der Waals surface area contributed by atoms with Crippen molar-refractivity contribution >= 4 is 66.3 Å². The Labute approximate surface area is 437 Å². The lowest BCUT2D eigenvalue weighted by atomic mass is 9.93. The zero-order chi connectivity index (χ0) is 54.1. The van der Waals surface area contributed by atoms with E-state index in [1.165, 1.54) is 23.1 Å². The van der Waals surface area contributed by atoms with Gasteiger partial charge in [0.15, 0.2) is 19.7 Å². The molecule has 394 valence electrons. The summed E-state index contributed by atoms with van der Waals surface area (Å²) in [5.41, 5.74) is 9.12. The quantitative estimate of drug-likeness (QED) is 0.0630. The number of nitrogens with two attached hydrogens (primary N) is 1. The minimum atomic E-state index is -4.65. The first-order valence-electron chi connectivity index (χ1n) is 23.3. The Hall–Kier alpha value is -6.09. The number of benzene rings is 6. The molecule has 21 heteroatoms. The molecule has 2 atom stereocenters. The Morgan fingerprint density at radius 2 is 1.39 bits per heavy atom. The number of sulfone groups is 2. The standard InChI is InChI=1S/C27H32FN3O3S.C26H23Cl2F4N3O3S/c1-4-8-22-15-20(11-12-23(22)17-29)18-35(33,34)24-13-14-26(25(28)16-24)30-27(32)31(3)19(2)21-9-6-5-7-10-21;1-14(18-3-2-4-21(27)24(18)28)34-25(36)35-23-6-5-17(11-22(23)29)39(37,38)13-15-9-16-7-8-33-12-19(16)20(10-15)26(30,31)32/h5-7,9-16,19H,4,8,17-18,29H2,1-3H3,(H,30,32);2-6,9-11,14,33H,7-8,12-13H2,1H3,(H2,34,35,36). The van der Waals surface area contributed by atoms with Crippen molar-refractivity contribution < 1.29 is 48.4 Å². The number of aryl methyl sites for hydroxylation is 1. The van der Waals surface area contributed by atoms with Crippen molar-refractivity contribution in [2.45, 2.75) is 92.7 Å². The zero-order valence-electron chi connectivity index (χ0n) is 40.7. The fourth-order valence-electron chi connectivity index (χ4n) is 8.28. The normalized spacial score (nSPS) is 13.4. The van der Waals surface area contributed by atoms with E-state index in [2.05, 4.69) is 21.3 Å². The van der Waals surface area contributed by atoms with Gasteiger partial charge in [-0.25, -0.2) is 35.2 Å². The fourth-order valence-corrected chi connectivity index (χ4v) is 11.4. The number of rotatable bonds is 15. The molecule has 0 saturated carbocycles. The number of urea groups is 2. The predicted octanol–water partition coefficient (Wildman–Crippen LogP) is 12.1. The molecule has 6 aromatic carbocycles. The Bertz CT molecular complexity index is 3240. The van der Waals surface area contributed by atoms with Crippen LogP contribution in [-0.4, -0.2) is 47.4 Å². The number of nitrogens with zero attached hydrogens (tertiary/aromatic N) is 1. The monoisotopic (exact) mass is 1100 g/mol. The highest BCUT2D eigenvalue weighted by atomic mass is 35.5. The summed E-state index contributed by atoms with van der Waals surface area (Å²) in [7, 11) is -6.39. The third-order valence-corrected chi connectivity index (χ3v) is 16.6. The molecule has 0 aromatic heterocycles. The molecule has 0 aliphatic carbocycles. The summed E-state index contributed by atoms with van der Waals surface area (Å²) in [6.07, 6.45) is -2.61. The van der Waals surface area contributed by atoms with Crippen molar-refractivity contribution in [3.8, 4) is 0 Å². The number of halogens is 7. The fraction of sp³-hybridized carbons (Fsp3) is 0.283. The molecule has 0 spiro atoms. The second-order valence-corrected chi connectivity index (χ2v) is 22.4. The lowest BCUT2D eigenvalue weighted by Crippen LogP contribution is -2.33. The van der Waals surface area contributed by atoms with Gasteiger partial charge in [-0.15, -0.1) is 0 Å². The van der Waals surface area contributed by atoms with Crippen LogP contribution in [0, 0.1) is 11.6 Å². The molecule has 6 aromatic rings. The van der Waals surface area contributed by atoms with Gasteiger partial charge in [0, 0.05) is 20.1 Å². The Morgan fingerprint density at radius 1 is 0.770 bits per heavy atom. The van der Waals surface area contributed by atoms with Crippen molar-refractivity contribution in [1.82, 2.24) is 15.5 Å². The molecule has 12 nitrogen and oxygen atoms in total. The van der Waals surface area contributed by atoms with Gasteiger partial charge < -0.3 is 31.9 Å².